The molecule has 4 heteroatoms. The van der Waals surface area contributed by atoms with Gasteiger partial charge < -0.3 is 0 Å². The van der Waals surface area contributed by atoms with E-state index in [1.807, 2.05) is 24.3 Å². The quantitative estimate of drug-likeness (QED) is 0.259. The molecule has 0 bridgehead atoms. The fraction of sp³-hybridized carbons (Fsp3) is 0. The molecule has 0 saturated heterocycles. The first-order valence-corrected chi connectivity index (χ1v) is 9.12. The second-order valence-corrected chi connectivity index (χ2v) is 7.30. The van der Waals surface area contributed by atoms with Gasteiger partial charge in [-0.2, -0.15) is 0 Å². The number of rotatable bonds is 2. The smallest absolute Gasteiger partial charge is 0.258 e. The molecule has 4 aromatic carbocycles. The molecule has 0 radical (unpaired) electrons. The van der Waals surface area contributed by atoms with Crippen LogP contribution in [0.3, 0.4) is 0 Å². The minimum absolute atomic E-state index is 0.135. The van der Waals surface area contributed by atoms with Crippen LogP contribution in [0.25, 0.3) is 42.1 Å². The molecule has 0 unspecified atom stereocenters. The van der Waals surface area contributed by atoms with Gasteiger partial charge >= 0.3 is 0 Å². The van der Waals surface area contributed by atoms with Crippen molar-refractivity contribution in [2.75, 3.05) is 0 Å². The predicted molar refractivity (Wildman–Crippen MR) is 109 cm³/mol. The molecule has 0 aliphatic rings. The van der Waals surface area contributed by atoms with Gasteiger partial charge in [-0.25, -0.2) is 0 Å². The third-order valence-electron chi connectivity index (χ3n) is 4.79. The highest BCUT2D eigenvalue weighted by Crippen LogP contribution is 2.42. The van der Waals surface area contributed by atoms with Crippen LogP contribution in [0.2, 0.25) is 0 Å². The fourth-order valence-electron chi connectivity index (χ4n) is 3.68. The van der Waals surface area contributed by atoms with Crippen LogP contribution in [0.15, 0.2) is 78.9 Å². The molecule has 124 valence electrons. The maximum absolute atomic E-state index is 11.5. The highest BCUT2D eigenvalue weighted by atomic mass is 32.1. The molecular weight excluding hydrogens is 342 g/mol. The van der Waals surface area contributed by atoms with Crippen molar-refractivity contribution in [1.29, 1.82) is 0 Å². The van der Waals surface area contributed by atoms with E-state index in [1.54, 1.807) is 23.5 Å². The van der Waals surface area contributed by atoms with Gasteiger partial charge in [-0.1, -0.05) is 54.6 Å². The number of nitro benzene ring substituents is 1. The number of benzene rings is 4. The van der Waals surface area contributed by atoms with Crippen molar-refractivity contribution < 1.29 is 4.92 Å². The summed E-state index contributed by atoms with van der Waals surface area (Å²) in [5.74, 6) is 0. The fourth-order valence-corrected chi connectivity index (χ4v) is 4.80. The average molecular weight is 355 g/mol. The third-order valence-corrected chi connectivity index (χ3v) is 5.93. The van der Waals surface area contributed by atoms with Crippen LogP contribution in [0.5, 0.6) is 0 Å². The van der Waals surface area contributed by atoms with Gasteiger partial charge in [-0.15, -0.1) is 11.3 Å². The highest BCUT2D eigenvalue weighted by molar-refractivity contribution is 7.26. The topological polar surface area (TPSA) is 43.1 Å². The maximum atomic E-state index is 11.5. The van der Waals surface area contributed by atoms with Crippen molar-refractivity contribution in [2.24, 2.45) is 0 Å². The summed E-state index contributed by atoms with van der Waals surface area (Å²) in [6.07, 6.45) is 0. The summed E-state index contributed by atoms with van der Waals surface area (Å²) in [5.41, 5.74) is 1.68. The SMILES string of the molecule is O=[N+]([O-])c1ccccc1-c1cccc2c1ccc1sc3ccccc3c12. The number of nitrogens with zero attached hydrogens (tertiary/aromatic N) is 1. The van der Waals surface area contributed by atoms with E-state index in [-0.39, 0.29) is 10.6 Å². The van der Waals surface area contributed by atoms with Crippen molar-refractivity contribution in [3.8, 4) is 11.1 Å². The first-order chi connectivity index (χ1) is 12.7. The summed E-state index contributed by atoms with van der Waals surface area (Å²) >= 11 is 1.78. The lowest BCUT2D eigenvalue weighted by Gasteiger charge is -2.09. The molecule has 0 amide bonds. The summed E-state index contributed by atoms with van der Waals surface area (Å²) in [4.78, 5) is 11.2. The van der Waals surface area contributed by atoms with E-state index < -0.39 is 0 Å². The molecule has 26 heavy (non-hydrogen) atoms. The molecule has 1 aromatic heterocycles. The van der Waals surface area contributed by atoms with Gasteiger partial charge in [0.25, 0.3) is 5.69 Å². The van der Waals surface area contributed by atoms with E-state index in [4.69, 9.17) is 0 Å². The standard InChI is InChI=1S/C22H13NO2S/c24-23(25)19-10-3-1-6-16(19)14-8-5-9-17-15(14)12-13-21-22(17)18-7-2-4-11-20(18)26-21/h1-13H. The summed E-state index contributed by atoms with van der Waals surface area (Å²) in [6.45, 7) is 0. The molecule has 5 aromatic rings. The van der Waals surface area contributed by atoms with E-state index in [2.05, 4.69) is 42.5 Å². The molecule has 1 heterocycles. The van der Waals surface area contributed by atoms with Crippen LogP contribution in [-0.2, 0) is 0 Å². The summed E-state index contributed by atoms with van der Waals surface area (Å²) < 4.78 is 2.49. The molecule has 0 N–H and O–H groups in total. The van der Waals surface area contributed by atoms with E-state index >= 15 is 0 Å². The monoisotopic (exact) mass is 355 g/mol. The Morgan fingerprint density at radius 2 is 1.38 bits per heavy atom. The zero-order chi connectivity index (χ0) is 17.7. The van der Waals surface area contributed by atoms with Crippen LogP contribution < -0.4 is 0 Å². The number of fused-ring (bicyclic) bond motifs is 5. The Labute approximate surface area is 153 Å². The van der Waals surface area contributed by atoms with E-state index in [9.17, 15) is 10.1 Å². The lowest BCUT2D eigenvalue weighted by Crippen LogP contribution is -1.92. The van der Waals surface area contributed by atoms with Crippen LogP contribution in [0.4, 0.5) is 5.69 Å². The molecule has 0 atom stereocenters. The Morgan fingerprint density at radius 3 is 2.27 bits per heavy atom. The Hall–Kier alpha value is -3.24. The zero-order valence-electron chi connectivity index (χ0n) is 13.7. The number of hydrogen-bond acceptors (Lipinski definition) is 3. The van der Waals surface area contributed by atoms with Crippen LogP contribution in [-0.4, -0.2) is 4.92 Å². The number of hydrogen-bond donors (Lipinski definition) is 0. The van der Waals surface area contributed by atoms with E-state index in [1.165, 1.54) is 20.2 Å². The van der Waals surface area contributed by atoms with Crippen LogP contribution >= 0.6 is 11.3 Å². The second kappa shape index (κ2) is 5.64. The third kappa shape index (κ3) is 2.13. The molecule has 0 spiro atoms. The average Bonchev–Trinajstić information content (AvgIpc) is 3.06. The molecule has 0 aliphatic carbocycles. The molecule has 3 nitrogen and oxygen atoms in total. The van der Waals surface area contributed by atoms with Crippen molar-refractivity contribution in [3.63, 3.8) is 0 Å². The molecular formula is C22H13NO2S. The minimum atomic E-state index is -0.313. The first kappa shape index (κ1) is 15.0. The molecule has 5 rings (SSSR count). The van der Waals surface area contributed by atoms with Gasteiger partial charge in [-0.3, -0.25) is 10.1 Å². The van der Waals surface area contributed by atoms with Crippen molar-refractivity contribution in [1.82, 2.24) is 0 Å². The summed E-state index contributed by atoms with van der Waals surface area (Å²) in [7, 11) is 0. The first-order valence-electron chi connectivity index (χ1n) is 8.31. The Morgan fingerprint density at radius 1 is 0.654 bits per heavy atom. The predicted octanol–water partition coefficient (Wildman–Crippen LogP) is 6.78. The van der Waals surface area contributed by atoms with Gasteiger partial charge in [0.15, 0.2) is 0 Å². The largest absolute Gasteiger partial charge is 0.277 e. The summed E-state index contributed by atoms with van der Waals surface area (Å²) in [6, 6.07) is 25.6. The Kier molecular flexibility index (Phi) is 3.27. The highest BCUT2D eigenvalue weighted by Gasteiger charge is 2.17. The van der Waals surface area contributed by atoms with E-state index in [0.717, 1.165) is 16.3 Å². The molecule has 0 saturated carbocycles. The Bertz CT molecular complexity index is 1320. The van der Waals surface area contributed by atoms with Gasteiger partial charge in [0, 0.05) is 26.2 Å². The molecule has 0 fully saturated rings. The van der Waals surface area contributed by atoms with Gasteiger partial charge in [0.05, 0.1) is 10.5 Å². The Balaban J connectivity index is 1.92. The van der Waals surface area contributed by atoms with Gasteiger partial charge in [-0.05, 0) is 34.5 Å². The van der Waals surface area contributed by atoms with Crippen LogP contribution in [0, 0.1) is 10.1 Å². The van der Waals surface area contributed by atoms with Crippen molar-refractivity contribution in [2.45, 2.75) is 0 Å². The zero-order valence-corrected chi connectivity index (χ0v) is 14.5. The molecule has 0 aliphatic heterocycles. The van der Waals surface area contributed by atoms with Crippen LogP contribution in [0.1, 0.15) is 0 Å². The number of para-hydroxylation sites is 1. The maximum Gasteiger partial charge on any atom is 0.277 e. The number of thiophene rings is 1. The lowest BCUT2D eigenvalue weighted by molar-refractivity contribution is -0.384. The van der Waals surface area contributed by atoms with Gasteiger partial charge in [0.1, 0.15) is 0 Å². The summed E-state index contributed by atoms with van der Waals surface area (Å²) in [5, 5.41) is 16.1. The number of nitro groups is 1. The normalized spacial score (nSPS) is 11.4. The van der Waals surface area contributed by atoms with E-state index in [0.29, 0.717) is 5.56 Å². The second-order valence-electron chi connectivity index (χ2n) is 6.21. The van der Waals surface area contributed by atoms with Crippen molar-refractivity contribution in [3.05, 3.63) is 89.0 Å². The van der Waals surface area contributed by atoms with Gasteiger partial charge in [0.2, 0.25) is 0 Å². The lowest BCUT2D eigenvalue weighted by atomic mass is 9.95. The minimum Gasteiger partial charge on any atom is -0.258 e. The van der Waals surface area contributed by atoms with Crippen molar-refractivity contribution >= 4 is 48.0 Å².